The first kappa shape index (κ1) is 52.5. The standard InChI is InChI=1S/C75H60O8/c76-42-44-78-65-38-32-52-18-6-12-26-59(52)72(65)74-61-28-14-8-20-54(61)34-40-67(74)82-48-46-80-63-36-30-50-16-4-10-24-57(50)70(63)69(56-22-2-1-3-23-56)71-58-25-11-5-17-51(58)31-37-64(71)81-47-49-83-68-41-35-55-21-9-15-29-62(55)75(68)73-60-27-13-7-19-53(60)33-39-66(73)79-45-43-77/h1-41,69,76-77H,42-49H2. The Hall–Kier alpha value is -9.86. The van der Waals surface area contributed by atoms with Crippen LogP contribution in [-0.4, -0.2) is 63.1 Å². The fraction of sp³-hybridized carbons (Fsp3) is 0.120. The summed E-state index contributed by atoms with van der Waals surface area (Å²) in [5, 5.41) is 32.4. The summed E-state index contributed by atoms with van der Waals surface area (Å²) < 4.78 is 40.4. The SMILES string of the molecule is OCCOc1ccc2ccccc2c1-c1c(OCCOc2ccc3ccccc3c2C(c2ccccc2)c2c(OCCOc3ccc4ccccc4c3-c3c(OCCO)ccc4ccccc34)ccc3ccccc23)ccc2ccccc12. The van der Waals surface area contributed by atoms with Crippen LogP contribution in [0.3, 0.4) is 0 Å². The summed E-state index contributed by atoms with van der Waals surface area (Å²) >= 11 is 0. The number of fused-ring (bicyclic) bond motifs is 6. The molecule has 408 valence electrons. The van der Waals surface area contributed by atoms with Crippen LogP contribution in [0.25, 0.3) is 86.9 Å². The molecule has 0 bridgehead atoms. The molecule has 0 heterocycles. The molecule has 0 fully saturated rings. The molecular formula is C75H60O8. The third kappa shape index (κ3) is 10.5. The Morgan fingerprint density at radius 3 is 0.783 bits per heavy atom. The van der Waals surface area contributed by atoms with Gasteiger partial charge in [0.15, 0.2) is 0 Å². The van der Waals surface area contributed by atoms with Gasteiger partial charge in [-0.3, -0.25) is 0 Å². The van der Waals surface area contributed by atoms with Crippen LogP contribution in [0.15, 0.2) is 249 Å². The summed E-state index contributed by atoms with van der Waals surface area (Å²) in [6.45, 7) is 1.05. The van der Waals surface area contributed by atoms with Crippen LogP contribution in [0.4, 0.5) is 0 Å². The molecule has 13 aromatic rings. The predicted octanol–water partition coefficient (Wildman–Crippen LogP) is 16.8. The normalized spacial score (nSPS) is 11.5. The van der Waals surface area contributed by atoms with E-state index in [1.165, 1.54) is 0 Å². The zero-order valence-corrected chi connectivity index (χ0v) is 45.7. The Morgan fingerprint density at radius 2 is 0.470 bits per heavy atom. The molecule has 0 saturated heterocycles. The maximum atomic E-state index is 9.88. The van der Waals surface area contributed by atoms with Crippen molar-refractivity contribution in [1.29, 1.82) is 0 Å². The van der Waals surface area contributed by atoms with Gasteiger partial charge in [-0.2, -0.15) is 0 Å². The lowest BCUT2D eigenvalue weighted by molar-refractivity contribution is 0.202. The molecule has 0 radical (unpaired) electrons. The molecule has 2 N–H and O–H groups in total. The van der Waals surface area contributed by atoms with E-state index in [1.54, 1.807) is 0 Å². The number of benzene rings is 13. The van der Waals surface area contributed by atoms with Crippen molar-refractivity contribution in [3.63, 3.8) is 0 Å². The Balaban J connectivity index is 0.854. The van der Waals surface area contributed by atoms with Crippen LogP contribution in [0.2, 0.25) is 0 Å². The zero-order chi connectivity index (χ0) is 55.9. The molecule has 0 aliphatic carbocycles. The quantitative estimate of drug-likeness (QED) is 0.0543. The molecule has 0 amide bonds. The van der Waals surface area contributed by atoms with E-state index in [0.29, 0.717) is 23.0 Å². The molecule has 83 heavy (non-hydrogen) atoms. The Bertz CT molecular complexity index is 4190. The largest absolute Gasteiger partial charge is 0.491 e. The maximum Gasteiger partial charge on any atom is 0.128 e. The van der Waals surface area contributed by atoms with E-state index in [2.05, 4.69) is 176 Å². The molecule has 13 rings (SSSR count). The molecule has 8 heteroatoms. The van der Waals surface area contributed by atoms with Crippen molar-refractivity contribution in [2.45, 2.75) is 5.92 Å². The molecule has 0 aliphatic rings. The summed E-state index contributed by atoms with van der Waals surface area (Å²) in [7, 11) is 0. The van der Waals surface area contributed by atoms with Gasteiger partial charge in [0.05, 0.1) is 13.2 Å². The summed E-state index contributed by atoms with van der Waals surface area (Å²) in [5.74, 6) is 3.84. The van der Waals surface area contributed by atoms with E-state index >= 15 is 0 Å². The van der Waals surface area contributed by atoms with Crippen LogP contribution in [0, 0.1) is 0 Å². The highest BCUT2D eigenvalue weighted by molar-refractivity contribution is 6.11. The highest BCUT2D eigenvalue weighted by atomic mass is 16.5. The van der Waals surface area contributed by atoms with Gasteiger partial charge >= 0.3 is 0 Å². The lowest BCUT2D eigenvalue weighted by Gasteiger charge is -2.27. The number of hydrogen-bond acceptors (Lipinski definition) is 8. The second-order valence-electron chi connectivity index (χ2n) is 20.4. The fourth-order valence-corrected chi connectivity index (χ4v) is 12.0. The van der Waals surface area contributed by atoms with E-state index in [0.717, 1.165) is 115 Å². The smallest absolute Gasteiger partial charge is 0.128 e. The molecule has 0 atom stereocenters. The molecule has 0 spiro atoms. The summed E-state index contributed by atoms with van der Waals surface area (Å²) in [6, 6.07) is 85.6. The maximum absolute atomic E-state index is 9.88. The highest BCUT2D eigenvalue weighted by Crippen LogP contribution is 2.50. The Kier molecular flexibility index (Phi) is 15.2. The van der Waals surface area contributed by atoms with Gasteiger partial charge in [0, 0.05) is 39.3 Å². The van der Waals surface area contributed by atoms with Gasteiger partial charge in [-0.1, -0.05) is 212 Å². The van der Waals surface area contributed by atoms with Crippen molar-refractivity contribution in [1.82, 2.24) is 0 Å². The average Bonchev–Trinajstić information content (AvgIpc) is 3.72. The first-order valence-corrected chi connectivity index (χ1v) is 28.3. The van der Waals surface area contributed by atoms with Gasteiger partial charge < -0.3 is 38.6 Å². The number of rotatable bonds is 21. The topological polar surface area (TPSA) is 95.8 Å². The third-order valence-corrected chi connectivity index (χ3v) is 15.5. The Labute approximate surface area is 481 Å². The molecule has 13 aromatic carbocycles. The van der Waals surface area contributed by atoms with Gasteiger partial charge in [0.25, 0.3) is 0 Å². The second-order valence-corrected chi connectivity index (χ2v) is 20.4. The second kappa shape index (κ2) is 24.1. The highest BCUT2D eigenvalue weighted by Gasteiger charge is 2.29. The molecule has 0 unspecified atom stereocenters. The molecule has 8 nitrogen and oxygen atoms in total. The van der Waals surface area contributed by atoms with E-state index in [-0.39, 0.29) is 58.8 Å². The number of ether oxygens (including phenoxy) is 6. The van der Waals surface area contributed by atoms with Crippen LogP contribution in [0.5, 0.6) is 34.5 Å². The Morgan fingerprint density at radius 1 is 0.229 bits per heavy atom. The summed E-state index contributed by atoms with van der Waals surface area (Å²) in [5.41, 5.74) is 6.74. The van der Waals surface area contributed by atoms with Crippen molar-refractivity contribution in [2.75, 3.05) is 52.9 Å². The zero-order valence-electron chi connectivity index (χ0n) is 45.7. The minimum atomic E-state index is -0.355. The van der Waals surface area contributed by atoms with Crippen molar-refractivity contribution in [3.8, 4) is 56.8 Å². The van der Waals surface area contributed by atoms with E-state index in [4.69, 9.17) is 28.4 Å². The van der Waals surface area contributed by atoms with Crippen LogP contribution in [0.1, 0.15) is 22.6 Å². The van der Waals surface area contributed by atoms with Gasteiger partial charge in [-0.05, 0) is 107 Å². The molecular weight excluding hydrogens is 1030 g/mol. The predicted molar refractivity (Wildman–Crippen MR) is 336 cm³/mol. The van der Waals surface area contributed by atoms with E-state index in [1.807, 2.05) is 72.8 Å². The van der Waals surface area contributed by atoms with Crippen molar-refractivity contribution in [2.24, 2.45) is 0 Å². The first-order chi connectivity index (χ1) is 41.1. The van der Waals surface area contributed by atoms with Gasteiger partial charge in [-0.25, -0.2) is 0 Å². The third-order valence-electron chi connectivity index (χ3n) is 15.5. The van der Waals surface area contributed by atoms with Gasteiger partial charge in [0.2, 0.25) is 0 Å². The number of aliphatic hydroxyl groups is 2. The molecule has 0 aromatic heterocycles. The lowest BCUT2D eigenvalue weighted by Crippen LogP contribution is -2.15. The van der Waals surface area contributed by atoms with Crippen molar-refractivity contribution >= 4 is 64.6 Å². The number of aliphatic hydroxyl groups excluding tert-OH is 2. The molecule has 0 aliphatic heterocycles. The van der Waals surface area contributed by atoms with Crippen LogP contribution >= 0.6 is 0 Å². The summed E-state index contributed by atoms with van der Waals surface area (Å²) in [6.07, 6.45) is 0. The van der Waals surface area contributed by atoms with E-state index < -0.39 is 0 Å². The minimum absolute atomic E-state index is 0.110. The van der Waals surface area contributed by atoms with E-state index in [9.17, 15) is 10.2 Å². The van der Waals surface area contributed by atoms with Gasteiger partial charge in [0.1, 0.15) is 74.1 Å². The van der Waals surface area contributed by atoms with Crippen LogP contribution < -0.4 is 28.4 Å². The summed E-state index contributed by atoms with van der Waals surface area (Å²) in [4.78, 5) is 0. The fourth-order valence-electron chi connectivity index (χ4n) is 12.0. The number of hydrogen-bond donors (Lipinski definition) is 2. The average molecular weight is 1090 g/mol. The monoisotopic (exact) mass is 1090 g/mol. The van der Waals surface area contributed by atoms with Crippen LogP contribution in [-0.2, 0) is 0 Å². The van der Waals surface area contributed by atoms with Crippen molar-refractivity contribution in [3.05, 3.63) is 265 Å². The minimum Gasteiger partial charge on any atom is -0.491 e. The first-order valence-electron chi connectivity index (χ1n) is 28.3. The lowest BCUT2D eigenvalue weighted by atomic mass is 9.80. The van der Waals surface area contributed by atoms with Crippen molar-refractivity contribution < 1.29 is 38.6 Å². The molecule has 0 saturated carbocycles. The van der Waals surface area contributed by atoms with Gasteiger partial charge in [-0.15, -0.1) is 0 Å².